The van der Waals surface area contributed by atoms with E-state index in [2.05, 4.69) is 38.5 Å². The van der Waals surface area contributed by atoms with Crippen molar-refractivity contribution in [3.05, 3.63) is 48.2 Å². The number of hydrogen-bond acceptors (Lipinski definition) is 7. The fourth-order valence-electron chi connectivity index (χ4n) is 4.04. The van der Waals surface area contributed by atoms with Crippen LogP contribution in [0.25, 0.3) is 16.8 Å². The minimum atomic E-state index is 0.0424. The molecule has 0 aliphatic carbocycles. The third-order valence-corrected chi connectivity index (χ3v) is 5.74. The van der Waals surface area contributed by atoms with Crippen molar-refractivity contribution < 1.29 is 9.47 Å². The van der Waals surface area contributed by atoms with Crippen LogP contribution in [0.1, 0.15) is 24.9 Å². The van der Waals surface area contributed by atoms with Crippen LogP contribution >= 0.6 is 0 Å². The highest BCUT2D eigenvalue weighted by Crippen LogP contribution is 2.34. The fraction of sp³-hybridized carbons (Fsp3) is 0.391. The van der Waals surface area contributed by atoms with Gasteiger partial charge in [0.25, 0.3) is 0 Å². The second-order valence-corrected chi connectivity index (χ2v) is 8.76. The van der Waals surface area contributed by atoms with Crippen LogP contribution in [0.3, 0.4) is 0 Å². The van der Waals surface area contributed by atoms with Gasteiger partial charge in [-0.05, 0) is 32.4 Å². The van der Waals surface area contributed by atoms with Crippen LogP contribution in [0.2, 0.25) is 0 Å². The molecule has 1 saturated heterocycles. The van der Waals surface area contributed by atoms with Gasteiger partial charge in [-0.25, -0.2) is 14.5 Å². The van der Waals surface area contributed by atoms with Gasteiger partial charge in [0.2, 0.25) is 0 Å². The molecule has 32 heavy (non-hydrogen) atoms. The first-order valence-corrected chi connectivity index (χ1v) is 10.7. The van der Waals surface area contributed by atoms with E-state index in [0.29, 0.717) is 6.61 Å². The second-order valence-electron chi connectivity index (χ2n) is 8.76. The van der Waals surface area contributed by atoms with Gasteiger partial charge >= 0.3 is 0 Å². The Bertz CT molecular complexity index is 1250. The zero-order chi connectivity index (χ0) is 22.3. The molecule has 0 aromatic carbocycles. The third-order valence-electron chi connectivity index (χ3n) is 5.74. The highest BCUT2D eigenvalue weighted by Gasteiger charge is 2.31. The lowest BCUT2D eigenvalue weighted by molar-refractivity contribution is 0.118. The van der Waals surface area contributed by atoms with Crippen molar-refractivity contribution in [1.29, 1.82) is 0 Å². The van der Waals surface area contributed by atoms with Gasteiger partial charge in [-0.2, -0.15) is 10.2 Å². The van der Waals surface area contributed by atoms with Crippen molar-refractivity contribution in [3.8, 4) is 17.0 Å². The standard InChI is InChI=1S/C23H27N7O2/c1-15-9-20(26-16(2)25-15)27-21-11-18-10-17(5-7-30(18)28-21)22-19(12-24-29(22)4)32-14-23(3)6-8-31-13-23/h5,7,9-12H,6,8,13-14H2,1-4H3,(H,25,26,27,28). The summed E-state index contributed by atoms with van der Waals surface area (Å²) < 4.78 is 15.4. The van der Waals surface area contributed by atoms with Gasteiger partial charge in [-0.3, -0.25) is 4.68 Å². The SMILES string of the molecule is Cc1cc(Nc2cc3cc(-c4c(OCC5(C)CCOC5)cnn4C)ccn3n2)nc(C)n1. The van der Waals surface area contributed by atoms with E-state index in [0.717, 1.165) is 65.3 Å². The Labute approximate surface area is 186 Å². The average Bonchev–Trinajstić information content (AvgIpc) is 3.43. The highest BCUT2D eigenvalue weighted by molar-refractivity contribution is 5.72. The smallest absolute Gasteiger partial charge is 0.165 e. The molecule has 0 amide bonds. The van der Waals surface area contributed by atoms with Crippen molar-refractivity contribution in [2.45, 2.75) is 27.2 Å². The Hall–Kier alpha value is -3.46. The van der Waals surface area contributed by atoms with Gasteiger partial charge in [-0.1, -0.05) is 6.92 Å². The zero-order valence-electron chi connectivity index (χ0n) is 18.8. The maximum Gasteiger partial charge on any atom is 0.165 e. The van der Waals surface area contributed by atoms with Gasteiger partial charge in [0.15, 0.2) is 11.6 Å². The van der Waals surface area contributed by atoms with Gasteiger partial charge in [-0.15, -0.1) is 0 Å². The lowest BCUT2D eigenvalue weighted by Gasteiger charge is -2.21. The van der Waals surface area contributed by atoms with E-state index < -0.39 is 0 Å². The van der Waals surface area contributed by atoms with E-state index in [-0.39, 0.29) is 5.41 Å². The first-order valence-electron chi connectivity index (χ1n) is 10.7. The number of aromatic nitrogens is 6. The topological polar surface area (TPSA) is 91.4 Å². The second kappa shape index (κ2) is 7.90. The van der Waals surface area contributed by atoms with Crippen LogP contribution in [0.15, 0.2) is 36.7 Å². The number of rotatable bonds is 6. The van der Waals surface area contributed by atoms with Crippen LogP contribution < -0.4 is 10.1 Å². The van der Waals surface area contributed by atoms with Crippen molar-refractivity contribution in [1.82, 2.24) is 29.4 Å². The summed E-state index contributed by atoms with van der Waals surface area (Å²) in [6.07, 6.45) is 4.72. The molecule has 5 heterocycles. The fourth-order valence-corrected chi connectivity index (χ4v) is 4.04. The van der Waals surface area contributed by atoms with Crippen LogP contribution in [0, 0.1) is 19.3 Å². The number of nitrogens with zero attached hydrogens (tertiary/aromatic N) is 6. The van der Waals surface area contributed by atoms with Crippen molar-refractivity contribution in [2.24, 2.45) is 12.5 Å². The minimum absolute atomic E-state index is 0.0424. The number of pyridine rings is 1. The first kappa shape index (κ1) is 20.4. The summed E-state index contributed by atoms with van der Waals surface area (Å²) in [6, 6.07) is 7.99. The first-order chi connectivity index (χ1) is 15.4. The Morgan fingerprint density at radius 3 is 2.84 bits per heavy atom. The van der Waals surface area contributed by atoms with E-state index in [1.807, 2.05) is 54.5 Å². The van der Waals surface area contributed by atoms with Gasteiger partial charge in [0, 0.05) is 48.7 Å². The van der Waals surface area contributed by atoms with Crippen LogP contribution in [0.5, 0.6) is 5.75 Å². The number of nitrogens with one attached hydrogen (secondary N) is 1. The molecule has 0 bridgehead atoms. The number of anilines is 2. The molecule has 1 aliphatic rings. The molecule has 0 radical (unpaired) electrons. The molecule has 1 N–H and O–H groups in total. The molecule has 1 fully saturated rings. The number of ether oxygens (including phenoxy) is 2. The average molecular weight is 434 g/mol. The summed E-state index contributed by atoms with van der Waals surface area (Å²) in [4.78, 5) is 8.75. The number of fused-ring (bicyclic) bond motifs is 1. The molecule has 1 atom stereocenters. The van der Waals surface area contributed by atoms with E-state index >= 15 is 0 Å². The summed E-state index contributed by atoms with van der Waals surface area (Å²) >= 11 is 0. The lowest BCUT2D eigenvalue weighted by Crippen LogP contribution is -2.25. The van der Waals surface area contributed by atoms with E-state index in [9.17, 15) is 0 Å². The Balaban J connectivity index is 1.41. The van der Waals surface area contributed by atoms with E-state index in [1.165, 1.54) is 0 Å². The molecular formula is C23H27N7O2. The molecule has 4 aromatic heterocycles. The van der Waals surface area contributed by atoms with Gasteiger partial charge in [0.05, 0.1) is 24.9 Å². The monoisotopic (exact) mass is 433 g/mol. The van der Waals surface area contributed by atoms with Crippen LogP contribution in [-0.4, -0.2) is 49.2 Å². The summed E-state index contributed by atoms with van der Waals surface area (Å²) in [6.45, 7) is 8.15. The summed E-state index contributed by atoms with van der Waals surface area (Å²) in [7, 11) is 1.93. The third kappa shape index (κ3) is 4.03. The zero-order valence-corrected chi connectivity index (χ0v) is 18.8. The van der Waals surface area contributed by atoms with E-state index in [1.54, 1.807) is 6.20 Å². The number of aryl methyl sites for hydroxylation is 3. The molecule has 166 valence electrons. The molecule has 4 aromatic rings. The lowest BCUT2D eigenvalue weighted by atomic mass is 9.91. The summed E-state index contributed by atoms with van der Waals surface area (Å²) in [5.41, 5.74) is 3.86. The Morgan fingerprint density at radius 1 is 1.19 bits per heavy atom. The molecular weight excluding hydrogens is 406 g/mol. The molecule has 0 saturated carbocycles. The van der Waals surface area contributed by atoms with Crippen molar-refractivity contribution in [2.75, 3.05) is 25.1 Å². The quantitative estimate of drug-likeness (QED) is 0.496. The molecule has 0 spiro atoms. The predicted molar refractivity (Wildman–Crippen MR) is 121 cm³/mol. The molecule has 9 nitrogen and oxygen atoms in total. The minimum Gasteiger partial charge on any atom is -0.489 e. The van der Waals surface area contributed by atoms with Crippen LogP contribution in [0.4, 0.5) is 11.6 Å². The van der Waals surface area contributed by atoms with Crippen molar-refractivity contribution >= 4 is 17.2 Å². The predicted octanol–water partition coefficient (Wildman–Crippen LogP) is 3.69. The van der Waals surface area contributed by atoms with Gasteiger partial charge in [0.1, 0.15) is 17.3 Å². The Kier molecular flexibility index (Phi) is 5.05. The normalized spacial score (nSPS) is 18.4. The number of hydrogen-bond donors (Lipinski definition) is 1. The maximum absolute atomic E-state index is 6.21. The molecule has 1 aliphatic heterocycles. The summed E-state index contributed by atoms with van der Waals surface area (Å²) in [5, 5.41) is 12.3. The largest absolute Gasteiger partial charge is 0.489 e. The highest BCUT2D eigenvalue weighted by atomic mass is 16.5. The summed E-state index contributed by atoms with van der Waals surface area (Å²) in [5.74, 6) is 2.94. The molecule has 1 unspecified atom stereocenters. The van der Waals surface area contributed by atoms with Gasteiger partial charge < -0.3 is 14.8 Å². The van der Waals surface area contributed by atoms with Crippen molar-refractivity contribution in [3.63, 3.8) is 0 Å². The Morgan fingerprint density at radius 2 is 2.06 bits per heavy atom. The molecule has 5 rings (SSSR count). The molecule has 9 heteroatoms. The maximum atomic E-state index is 6.21. The van der Waals surface area contributed by atoms with Crippen LogP contribution in [-0.2, 0) is 11.8 Å². The van der Waals surface area contributed by atoms with E-state index in [4.69, 9.17) is 9.47 Å².